The first-order valence-corrected chi connectivity index (χ1v) is 6.80. The number of hydrogen-bond donors (Lipinski definition) is 0. The molecule has 5 nitrogen and oxygen atoms in total. The van der Waals surface area contributed by atoms with E-state index in [2.05, 4.69) is 0 Å². The summed E-state index contributed by atoms with van der Waals surface area (Å²) < 4.78 is 5.02. The van der Waals surface area contributed by atoms with Crippen molar-refractivity contribution in [1.29, 1.82) is 0 Å². The van der Waals surface area contributed by atoms with Gasteiger partial charge in [0.2, 0.25) is 11.8 Å². The molecule has 0 bridgehead atoms. The summed E-state index contributed by atoms with van der Waals surface area (Å²) in [5.74, 6) is 0.270. The predicted octanol–water partition coefficient (Wildman–Crippen LogP) is 0.635. The van der Waals surface area contributed by atoms with Crippen molar-refractivity contribution >= 4 is 11.8 Å². The number of rotatable bonds is 5. The van der Waals surface area contributed by atoms with Gasteiger partial charge in [0.1, 0.15) is 12.1 Å². The van der Waals surface area contributed by atoms with Crippen molar-refractivity contribution in [2.75, 3.05) is 26.8 Å². The lowest BCUT2D eigenvalue weighted by atomic mass is 10.0. The van der Waals surface area contributed by atoms with Gasteiger partial charge in [-0.25, -0.2) is 0 Å². The number of carbonyl (C=O) groups is 2. The number of fused-ring (bicyclic) bond motifs is 1. The van der Waals surface area contributed by atoms with Crippen LogP contribution in [-0.2, 0) is 14.3 Å². The van der Waals surface area contributed by atoms with Crippen LogP contribution >= 0.6 is 0 Å². The van der Waals surface area contributed by atoms with Gasteiger partial charge in [-0.05, 0) is 25.7 Å². The highest BCUT2D eigenvalue weighted by Gasteiger charge is 2.46. The quantitative estimate of drug-likeness (QED) is 0.676. The van der Waals surface area contributed by atoms with Crippen LogP contribution in [0.5, 0.6) is 0 Å². The second-order valence-corrected chi connectivity index (χ2v) is 4.99. The SMILES string of the molecule is CCC1C(=O)N2CCCC2C(=O)N1CCCOC. The van der Waals surface area contributed by atoms with Crippen LogP contribution in [-0.4, -0.2) is 60.5 Å². The summed E-state index contributed by atoms with van der Waals surface area (Å²) in [6.07, 6.45) is 3.26. The fraction of sp³-hybridized carbons (Fsp3) is 0.846. The summed E-state index contributed by atoms with van der Waals surface area (Å²) in [7, 11) is 1.65. The summed E-state index contributed by atoms with van der Waals surface area (Å²) >= 11 is 0. The summed E-state index contributed by atoms with van der Waals surface area (Å²) in [6, 6.07) is -0.452. The molecule has 5 heteroatoms. The van der Waals surface area contributed by atoms with Crippen LogP contribution in [0.1, 0.15) is 32.6 Å². The minimum Gasteiger partial charge on any atom is -0.385 e. The highest BCUT2D eigenvalue weighted by atomic mass is 16.5. The van der Waals surface area contributed by atoms with E-state index in [4.69, 9.17) is 4.74 Å². The Hall–Kier alpha value is -1.10. The standard InChI is InChI=1S/C13H22N2O3/c1-3-10-12(16)15-7-4-6-11(15)13(17)14(10)8-5-9-18-2/h10-11H,3-9H2,1-2H3. The van der Waals surface area contributed by atoms with Crippen molar-refractivity contribution in [1.82, 2.24) is 9.80 Å². The van der Waals surface area contributed by atoms with Crippen molar-refractivity contribution in [2.45, 2.75) is 44.7 Å². The fourth-order valence-corrected chi connectivity index (χ4v) is 3.00. The Kier molecular flexibility index (Phi) is 4.22. The number of ether oxygens (including phenoxy) is 1. The molecule has 2 fully saturated rings. The van der Waals surface area contributed by atoms with E-state index in [1.807, 2.05) is 6.92 Å². The lowest BCUT2D eigenvalue weighted by Crippen LogP contribution is -2.62. The van der Waals surface area contributed by atoms with Crippen LogP contribution in [0, 0.1) is 0 Å². The fourth-order valence-electron chi connectivity index (χ4n) is 3.00. The smallest absolute Gasteiger partial charge is 0.246 e. The lowest BCUT2D eigenvalue weighted by molar-refractivity contribution is -0.159. The van der Waals surface area contributed by atoms with Crippen molar-refractivity contribution in [2.24, 2.45) is 0 Å². The lowest BCUT2D eigenvalue weighted by Gasteiger charge is -2.42. The molecule has 0 aliphatic carbocycles. The number of hydrogen-bond acceptors (Lipinski definition) is 3. The molecule has 2 aliphatic heterocycles. The van der Waals surface area contributed by atoms with Crippen molar-refractivity contribution in [3.63, 3.8) is 0 Å². The molecule has 2 heterocycles. The first-order chi connectivity index (χ1) is 8.70. The Morgan fingerprint density at radius 2 is 2.11 bits per heavy atom. The maximum atomic E-state index is 12.4. The van der Waals surface area contributed by atoms with Crippen LogP contribution in [0.15, 0.2) is 0 Å². The van der Waals surface area contributed by atoms with Gasteiger partial charge < -0.3 is 14.5 Å². The third kappa shape index (κ3) is 2.23. The molecule has 2 rings (SSSR count). The highest BCUT2D eigenvalue weighted by molar-refractivity contribution is 5.97. The predicted molar refractivity (Wildman–Crippen MR) is 67.0 cm³/mol. The normalized spacial score (nSPS) is 27.9. The van der Waals surface area contributed by atoms with Crippen molar-refractivity contribution in [3.8, 4) is 0 Å². The van der Waals surface area contributed by atoms with E-state index in [0.29, 0.717) is 19.6 Å². The van der Waals surface area contributed by atoms with Crippen LogP contribution in [0.25, 0.3) is 0 Å². The third-order valence-corrected chi connectivity index (χ3v) is 3.90. The van der Waals surface area contributed by atoms with Crippen LogP contribution in [0.4, 0.5) is 0 Å². The van der Waals surface area contributed by atoms with Gasteiger partial charge in [-0.1, -0.05) is 6.92 Å². The molecule has 0 aromatic rings. The Morgan fingerprint density at radius 1 is 1.33 bits per heavy atom. The average molecular weight is 254 g/mol. The van der Waals surface area contributed by atoms with Gasteiger partial charge in [-0.15, -0.1) is 0 Å². The molecule has 0 aromatic heterocycles. The second kappa shape index (κ2) is 5.69. The molecule has 0 N–H and O–H groups in total. The molecule has 2 atom stereocenters. The molecule has 2 unspecified atom stereocenters. The molecule has 18 heavy (non-hydrogen) atoms. The summed E-state index contributed by atoms with van der Waals surface area (Å²) in [5, 5.41) is 0. The van der Waals surface area contributed by atoms with E-state index in [9.17, 15) is 9.59 Å². The molecule has 0 radical (unpaired) electrons. The molecule has 2 saturated heterocycles. The zero-order valence-electron chi connectivity index (χ0n) is 11.2. The van der Waals surface area contributed by atoms with Gasteiger partial charge in [-0.2, -0.15) is 0 Å². The van der Waals surface area contributed by atoms with E-state index < -0.39 is 0 Å². The topological polar surface area (TPSA) is 49.9 Å². The maximum absolute atomic E-state index is 12.4. The van der Waals surface area contributed by atoms with Gasteiger partial charge in [-0.3, -0.25) is 9.59 Å². The van der Waals surface area contributed by atoms with Crippen molar-refractivity contribution < 1.29 is 14.3 Å². The van der Waals surface area contributed by atoms with Crippen molar-refractivity contribution in [3.05, 3.63) is 0 Å². The van der Waals surface area contributed by atoms with E-state index in [1.165, 1.54) is 0 Å². The largest absolute Gasteiger partial charge is 0.385 e. The van der Waals surface area contributed by atoms with Crippen LogP contribution in [0.3, 0.4) is 0 Å². The Morgan fingerprint density at radius 3 is 2.78 bits per heavy atom. The van der Waals surface area contributed by atoms with E-state index in [-0.39, 0.29) is 23.9 Å². The zero-order valence-corrected chi connectivity index (χ0v) is 11.2. The van der Waals surface area contributed by atoms with E-state index in [1.54, 1.807) is 16.9 Å². The number of methoxy groups -OCH3 is 1. The molecule has 2 amide bonds. The number of carbonyl (C=O) groups excluding carboxylic acids is 2. The van der Waals surface area contributed by atoms with E-state index >= 15 is 0 Å². The molecule has 102 valence electrons. The number of amides is 2. The van der Waals surface area contributed by atoms with Gasteiger partial charge in [0, 0.05) is 26.8 Å². The monoisotopic (exact) mass is 254 g/mol. The zero-order chi connectivity index (χ0) is 13.1. The molecular weight excluding hydrogens is 232 g/mol. The Balaban J connectivity index is 2.10. The summed E-state index contributed by atoms with van der Waals surface area (Å²) in [4.78, 5) is 28.3. The third-order valence-electron chi connectivity index (χ3n) is 3.90. The molecule has 0 aromatic carbocycles. The Bertz CT molecular complexity index is 332. The first-order valence-electron chi connectivity index (χ1n) is 6.80. The molecular formula is C13H22N2O3. The number of piperazine rings is 1. The molecule has 0 saturated carbocycles. The average Bonchev–Trinajstić information content (AvgIpc) is 2.85. The Labute approximate surface area is 108 Å². The maximum Gasteiger partial charge on any atom is 0.246 e. The number of nitrogens with zero attached hydrogens (tertiary/aromatic N) is 2. The van der Waals surface area contributed by atoms with Crippen LogP contribution in [0.2, 0.25) is 0 Å². The molecule has 0 spiro atoms. The first kappa shape index (κ1) is 13.3. The highest BCUT2D eigenvalue weighted by Crippen LogP contribution is 2.28. The van der Waals surface area contributed by atoms with E-state index in [0.717, 1.165) is 25.8 Å². The van der Waals surface area contributed by atoms with Crippen LogP contribution < -0.4 is 0 Å². The minimum atomic E-state index is -0.260. The van der Waals surface area contributed by atoms with Gasteiger partial charge in [0.25, 0.3) is 0 Å². The summed E-state index contributed by atoms with van der Waals surface area (Å²) in [5.41, 5.74) is 0. The molecule has 2 aliphatic rings. The summed E-state index contributed by atoms with van der Waals surface area (Å²) in [6.45, 7) is 3.97. The van der Waals surface area contributed by atoms with Gasteiger partial charge in [0.05, 0.1) is 0 Å². The second-order valence-electron chi connectivity index (χ2n) is 4.99. The minimum absolute atomic E-state index is 0.134. The van der Waals surface area contributed by atoms with Gasteiger partial charge >= 0.3 is 0 Å². The van der Waals surface area contributed by atoms with Gasteiger partial charge in [0.15, 0.2) is 0 Å².